The van der Waals surface area contributed by atoms with Gasteiger partial charge >= 0.3 is 0 Å². The Morgan fingerprint density at radius 2 is 2.57 bits per heavy atom. The van der Waals surface area contributed by atoms with Crippen molar-refractivity contribution in [1.29, 1.82) is 0 Å². The summed E-state index contributed by atoms with van der Waals surface area (Å²) >= 11 is 0. The Labute approximate surface area is 43.2 Å². The highest BCUT2D eigenvalue weighted by Crippen LogP contribution is 1.83. The van der Waals surface area contributed by atoms with Crippen LogP contribution in [0.5, 0.6) is 0 Å². The maximum Gasteiger partial charge on any atom is 0.111 e. The average molecular weight is 102 g/mol. The van der Waals surface area contributed by atoms with Crippen LogP contribution in [0, 0.1) is 0 Å². The predicted octanol–water partition coefficient (Wildman–Crippen LogP) is -0.590. The minimum Gasteiger partial charge on any atom is -0.363 e. The summed E-state index contributed by atoms with van der Waals surface area (Å²) < 4.78 is 5.05. The van der Waals surface area contributed by atoms with E-state index in [9.17, 15) is 0 Å². The summed E-state index contributed by atoms with van der Waals surface area (Å²) in [6.07, 6.45) is 0. The first-order chi connectivity index (χ1) is 3.39. The van der Waals surface area contributed by atoms with Gasteiger partial charge in [-0.25, -0.2) is 5.01 Å². The van der Waals surface area contributed by atoms with Gasteiger partial charge in [0.05, 0.1) is 6.61 Å². The van der Waals surface area contributed by atoms with Gasteiger partial charge in [-0.1, -0.05) is 0 Å². The van der Waals surface area contributed by atoms with E-state index in [2.05, 4.69) is 5.43 Å². The molecule has 0 saturated carbocycles. The lowest BCUT2D eigenvalue weighted by Gasteiger charge is -2.22. The van der Waals surface area contributed by atoms with Crippen molar-refractivity contribution in [1.82, 2.24) is 10.4 Å². The number of hydrazine groups is 1. The molecule has 1 aliphatic rings. The third kappa shape index (κ3) is 1.43. The van der Waals surface area contributed by atoms with Gasteiger partial charge in [-0.15, -0.1) is 0 Å². The van der Waals surface area contributed by atoms with Gasteiger partial charge in [-0.2, -0.15) is 0 Å². The van der Waals surface area contributed by atoms with E-state index >= 15 is 0 Å². The molecular formula is C4H10N2O. The molecule has 1 aliphatic heterocycles. The lowest BCUT2D eigenvalue weighted by molar-refractivity contribution is -0.0289. The van der Waals surface area contributed by atoms with E-state index in [0.29, 0.717) is 6.73 Å². The molecule has 0 spiro atoms. The molecule has 42 valence electrons. The van der Waals surface area contributed by atoms with Crippen molar-refractivity contribution in [3.8, 4) is 0 Å². The minimum atomic E-state index is 0.708. The molecule has 0 aromatic carbocycles. The SMILES string of the molecule is CN1COCCN1. The molecule has 3 heteroatoms. The van der Waals surface area contributed by atoms with Crippen LogP contribution in [0.3, 0.4) is 0 Å². The Kier molecular flexibility index (Phi) is 1.62. The van der Waals surface area contributed by atoms with E-state index in [0.717, 1.165) is 13.2 Å². The Morgan fingerprint density at radius 1 is 1.71 bits per heavy atom. The first-order valence-corrected chi connectivity index (χ1v) is 2.42. The lowest BCUT2D eigenvalue weighted by atomic mass is 10.7. The van der Waals surface area contributed by atoms with E-state index in [1.54, 1.807) is 0 Å². The Hall–Kier alpha value is -0.120. The molecule has 3 nitrogen and oxygen atoms in total. The van der Waals surface area contributed by atoms with Crippen molar-refractivity contribution < 1.29 is 4.74 Å². The molecule has 0 radical (unpaired) electrons. The van der Waals surface area contributed by atoms with Crippen molar-refractivity contribution in [2.45, 2.75) is 0 Å². The van der Waals surface area contributed by atoms with Crippen molar-refractivity contribution >= 4 is 0 Å². The van der Waals surface area contributed by atoms with Crippen molar-refractivity contribution in [2.24, 2.45) is 0 Å². The highest BCUT2D eigenvalue weighted by atomic mass is 16.5. The molecule has 1 fully saturated rings. The minimum absolute atomic E-state index is 0.708. The van der Waals surface area contributed by atoms with Crippen LogP contribution in [-0.2, 0) is 4.74 Å². The smallest absolute Gasteiger partial charge is 0.111 e. The topological polar surface area (TPSA) is 24.5 Å². The predicted molar refractivity (Wildman–Crippen MR) is 26.6 cm³/mol. The fourth-order valence-corrected chi connectivity index (χ4v) is 0.556. The third-order valence-corrected chi connectivity index (χ3v) is 0.913. The molecule has 7 heavy (non-hydrogen) atoms. The van der Waals surface area contributed by atoms with Crippen LogP contribution < -0.4 is 5.43 Å². The third-order valence-electron chi connectivity index (χ3n) is 0.913. The number of hydrogen-bond acceptors (Lipinski definition) is 3. The quantitative estimate of drug-likeness (QED) is 0.442. The first-order valence-electron chi connectivity index (χ1n) is 2.42. The van der Waals surface area contributed by atoms with Gasteiger partial charge in [-0.05, 0) is 0 Å². The molecule has 0 amide bonds. The molecule has 0 bridgehead atoms. The molecule has 1 heterocycles. The van der Waals surface area contributed by atoms with Gasteiger partial charge in [0.15, 0.2) is 0 Å². The summed E-state index contributed by atoms with van der Waals surface area (Å²) in [5, 5.41) is 1.92. The molecule has 1 rings (SSSR count). The second-order valence-corrected chi connectivity index (χ2v) is 1.64. The van der Waals surface area contributed by atoms with Crippen molar-refractivity contribution in [3.05, 3.63) is 0 Å². The molecular weight excluding hydrogens is 92.1 g/mol. The van der Waals surface area contributed by atoms with Crippen LogP contribution in [0.15, 0.2) is 0 Å². The number of rotatable bonds is 0. The molecule has 0 aromatic rings. The first kappa shape index (κ1) is 5.03. The Balaban J connectivity index is 2.12. The number of ether oxygens (including phenoxy) is 1. The Morgan fingerprint density at radius 3 is 2.86 bits per heavy atom. The molecule has 0 atom stereocenters. The summed E-state index contributed by atoms with van der Waals surface area (Å²) in [5.41, 5.74) is 3.09. The van der Waals surface area contributed by atoms with Gasteiger partial charge in [0.25, 0.3) is 0 Å². The summed E-state index contributed by atoms with van der Waals surface area (Å²) in [6.45, 7) is 2.49. The van der Waals surface area contributed by atoms with E-state index in [1.807, 2.05) is 12.1 Å². The molecule has 0 unspecified atom stereocenters. The Bertz CT molecular complexity index is 51.7. The lowest BCUT2D eigenvalue weighted by Crippen LogP contribution is -2.43. The van der Waals surface area contributed by atoms with Crippen LogP contribution in [0.25, 0.3) is 0 Å². The van der Waals surface area contributed by atoms with E-state index < -0.39 is 0 Å². The normalized spacial score (nSPS) is 25.3. The maximum absolute atomic E-state index is 5.05. The monoisotopic (exact) mass is 102 g/mol. The van der Waals surface area contributed by atoms with Gasteiger partial charge < -0.3 is 4.74 Å². The average Bonchev–Trinajstić information content (AvgIpc) is 1.69. The molecule has 1 saturated heterocycles. The van der Waals surface area contributed by atoms with Gasteiger partial charge in [-0.3, -0.25) is 5.43 Å². The molecule has 0 aliphatic carbocycles. The maximum atomic E-state index is 5.05. The highest BCUT2D eigenvalue weighted by Gasteiger charge is 2.00. The van der Waals surface area contributed by atoms with E-state index in [-0.39, 0.29) is 0 Å². The number of hydrogen-bond donors (Lipinski definition) is 1. The standard InChI is InChI=1S/C4H10N2O/c1-6-4-7-3-2-5-6/h5H,2-4H2,1H3. The second kappa shape index (κ2) is 2.26. The molecule has 0 aromatic heterocycles. The van der Waals surface area contributed by atoms with Crippen LogP contribution in [0.1, 0.15) is 0 Å². The summed E-state index contributed by atoms with van der Waals surface area (Å²) in [7, 11) is 1.96. The van der Waals surface area contributed by atoms with Crippen molar-refractivity contribution in [2.75, 3.05) is 26.9 Å². The number of nitrogens with zero attached hydrogens (tertiary/aromatic N) is 1. The molecule has 1 N–H and O–H groups in total. The zero-order chi connectivity index (χ0) is 5.11. The largest absolute Gasteiger partial charge is 0.363 e. The van der Waals surface area contributed by atoms with Crippen LogP contribution in [-0.4, -0.2) is 31.9 Å². The fourth-order valence-electron chi connectivity index (χ4n) is 0.556. The second-order valence-electron chi connectivity index (χ2n) is 1.64. The van der Waals surface area contributed by atoms with Gasteiger partial charge in [0.1, 0.15) is 6.73 Å². The van der Waals surface area contributed by atoms with Crippen LogP contribution in [0.4, 0.5) is 0 Å². The zero-order valence-electron chi connectivity index (χ0n) is 4.48. The fraction of sp³-hybridized carbons (Fsp3) is 1.00. The summed E-state index contributed by atoms with van der Waals surface area (Å²) in [6, 6.07) is 0. The van der Waals surface area contributed by atoms with E-state index in [4.69, 9.17) is 4.74 Å². The summed E-state index contributed by atoms with van der Waals surface area (Å²) in [5.74, 6) is 0. The number of nitrogens with one attached hydrogen (secondary N) is 1. The van der Waals surface area contributed by atoms with Crippen LogP contribution in [0.2, 0.25) is 0 Å². The van der Waals surface area contributed by atoms with Gasteiger partial charge in [0, 0.05) is 13.6 Å². The zero-order valence-corrected chi connectivity index (χ0v) is 4.48. The van der Waals surface area contributed by atoms with Crippen LogP contribution >= 0.6 is 0 Å². The highest BCUT2D eigenvalue weighted by molar-refractivity contribution is 4.43. The summed E-state index contributed by atoms with van der Waals surface area (Å²) in [4.78, 5) is 0. The van der Waals surface area contributed by atoms with Gasteiger partial charge in [0.2, 0.25) is 0 Å². The van der Waals surface area contributed by atoms with Crippen molar-refractivity contribution in [3.63, 3.8) is 0 Å². The van der Waals surface area contributed by atoms with E-state index in [1.165, 1.54) is 0 Å².